The van der Waals surface area contributed by atoms with Crippen LogP contribution < -0.4 is 4.74 Å². The number of carbonyl (C=O) groups is 1. The summed E-state index contributed by atoms with van der Waals surface area (Å²) >= 11 is 0. The zero-order valence-corrected chi connectivity index (χ0v) is 15.7. The molecule has 0 unspecified atom stereocenters. The Morgan fingerprint density at radius 3 is 2.29 bits per heavy atom. The molecule has 0 saturated carbocycles. The van der Waals surface area contributed by atoms with E-state index >= 15 is 0 Å². The summed E-state index contributed by atoms with van der Waals surface area (Å²) in [5, 5.41) is 0. The second kappa shape index (κ2) is 10.7. The first-order valence-corrected chi connectivity index (χ1v) is 9.04. The molecule has 0 atom stereocenters. The minimum Gasteiger partial charge on any atom is -0.406 e. The zero-order valence-electron chi connectivity index (χ0n) is 15.7. The number of hydrogen-bond acceptors (Lipinski definition) is 3. The third kappa shape index (κ3) is 8.43. The first-order valence-electron chi connectivity index (χ1n) is 9.04. The van der Waals surface area contributed by atoms with Crippen molar-refractivity contribution in [3.05, 3.63) is 65.7 Å². The molecule has 0 N–H and O–H groups in total. The molecule has 0 aliphatic carbocycles. The Labute approximate surface area is 162 Å². The van der Waals surface area contributed by atoms with E-state index in [0.717, 1.165) is 12.0 Å². The van der Waals surface area contributed by atoms with Crippen molar-refractivity contribution in [1.29, 1.82) is 0 Å². The highest BCUT2D eigenvalue weighted by atomic mass is 19.4. The maximum Gasteiger partial charge on any atom is 0.573 e. The Balaban J connectivity index is 1.63. The number of halogens is 3. The minimum absolute atomic E-state index is 0.0396. The van der Waals surface area contributed by atoms with Crippen molar-refractivity contribution in [2.45, 2.75) is 32.2 Å². The van der Waals surface area contributed by atoms with Crippen LogP contribution in [0.1, 0.15) is 24.0 Å². The molecule has 0 spiro atoms. The highest BCUT2D eigenvalue weighted by Gasteiger charge is 2.30. The fourth-order valence-electron chi connectivity index (χ4n) is 2.61. The lowest BCUT2D eigenvalue weighted by atomic mass is 10.2. The number of benzene rings is 2. The molecule has 0 aromatic heterocycles. The van der Waals surface area contributed by atoms with Crippen molar-refractivity contribution in [2.75, 3.05) is 20.3 Å². The maximum atomic E-state index is 12.2. The van der Waals surface area contributed by atoms with Gasteiger partial charge in [0.15, 0.2) is 0 Å². The van der Waals surface area contributed by atoms with Crippen LogP contribution in [0.5, 0.6) is 5.75 Å². The molecule has 0 saturated heterocycles. The molecule has 0 fully saturated rings. The van der Waals surface area contributed by atoms with E-state index in [0.29, 0.717) is 32.6 Å². The number of alkyl halides is 3. The molecule has 1 amide bonds. The van der Waals surface area contributed by atoms with Crippen LogP contribution >= 0.6 is 0 Å². The van der Waals surface area contributed by atoms with Gasteiger partial charge in [-0.2, -0.15) is 0 Å². The Bertz CT molecular complexity index is 718. The third-order valence-electron chi connectivity index (χ3n) is 4.06. The second-order valence-corrected chi connectivity index (χ2v) is 6.39. The van der Waals surface area contributed by atoms with E-state index in [1.54, 1.807) is 11.9 Å². The van der Waals surface area contributed by atoms with Crippen molar-refractivity contribution in [2.24, 2.45) is 0 Å². The van der Waals surface area contributed by atoms with Crippen LogP contribution in [0, 0.1) is 0 Å². The molecule has 0 aliphatic rings. The molecule has 2 aromatic rings. The Kier molecular flexibility index (Phi) is 8.32. The maximum absolute atomic E-state index is 12.2. The monoisotopic (exact) mass is 395 g/mol. The standard InChI is InChI=1S/C21H24F3NO3/c1-25(16-18-9-11-19(12-10-18)28-21(22,23)24)20(26)8-5-14-27-15-13-17-6-3-2-4-7-17/h2-4,6-7,9-12H,5,8,13-16H2,1H3. The Morgan fingerprint density at radius 2 is 1.64 bits per heavy atom. The number of rotatable bonds is 10. The fraction of sp³-hybridized carbons (Fsp3) is 0.381. The van der Waals surface area contributed by atoms with E-state index in [4.69, 9.17) is 4.74 Å². The van der Waals surface area contributed by atoms with Crippen molar-refractivity contribution in [3.63, 3.8) is 0 Å². The van der Waals surface area contributed by atoms with Gasteiger partial charge >= 0.3 is 6.36 Å². The summed E-state index contributed by atoms with van der Waals surface area (Å²) in [4.78, 5) is 13.7. The highest BCUT2D eigenvalue weighted by Crippen LogP contribution is 2.23. The normalized spacial score (nSPS) is 11.3. The van der Waals surface area contributed by atoms with E-state index in [-0.39, 0.29) is 11.7 Å². The van der Waals surface area contributed by atoms with Crippen LogP contribution in [-0.2, 0) is 22.5 Å². The number of hydrogen-bond donors (Lipinski definition) is 0. The van der Waals surface area contributed by atoms with Crippen molar-refractivity contribution in [1.82, 2.24) is 4.90 Å². The van der Waals surface area contributed by atoms with Crippen molar-refractivity contribution >= 4 is 5.91 Å². The summed E-state index contributed by atoms with van der Waals surface area (Å²) in [6.07, 6.45) is -2.90. The summed E-state index contributed by atoms with van der Waals surface area (Å²) in [6, 6.07) is 15.5. The van der Waals surface area contributed by atoms with Gasteiger partial charge in [-0.15, -0.1) is 13.2 Å². The Hall–Kier alpha value is -2.54. The minimum atomic E-state index is -4.71. The molecule has 2 aromatic carbocycles. The molecular formula is C21H24F3NO3. The smallest absolute Gasteiger partial charge is 0.406 e. The first kappa shape index (κ1) is 21.8. The Morgan fingerprint density at radius 1 is 0.964 bits per heavy atom. The van der Waals surface area contributed by atoms with Crippen molar-refractivity contribution < 1.29 is 27.4 Å². The van der Waals surface area contributed by atoms with Crippen molar-refractivity contribution in [3.8, 4) is 5.75 Å². The zero-order chi connectivity index (χ0) is 20.4. The van der Waals surface area contributed by atoms with Gasteiger partial charge in [-0.1, -0.05) is 42.5 Å². The predicted octanol–water partition coefficient (Wildman–Crippen LogP) is 4.58. The lowest BCUT2D eigenvalue weighted by Crippen LogP contribution is -2.26. The fourth-order valence-corrected chi connectivity index (χ4v) is 2.61. The van der Waals surface area contributed by atoms with E-state index in [9.17, 15) is 18.0 Å². The highest BCUT2D eigenvalue weighted by molar-refractivity contribution is 5.75. The number of nitrogens with zero attached hydrogens (tertiary/aromatic N) is 1. The third-order valence-corrected chi connectivity index (χ3v) is 4.06. The average Bonchev–Trinajstić information content (AvgIpc) is 2.65. The summed E-state index contributed by atoms with van der Waals surface area (Å²) in [6.45, 7) is 1.44. The molecular weight excluding hydrogens is 371 g/mol. The van der Waals surface area contributed by atoms with Gasteiger partial charge in [0.25, 0.3) is 0 Å². The summed E-state index contributed by atoms with van der Waals surface area (Å²) in [5.74, 6) is -0.319. The van der Waals surface area contributed by atoms with Gasteiger partial charge in [0, 0.05) is 26.6 Å². The van der Waals surface area contributed by atoms with Crippen LogP contribution in [0.2, 0.25) is 0 Å². The number of ether oxygens (including phenoxy) is 2. The van der Waals surface area contributed by atoms with Gasteiger partial charge in [0.05, 0.1) is 6.61 Å². The summed E-state index contributed by atoms with van der Waals surface area (Å²) in [7, 11) is 1.67. The summed E-state index contributed by atoms with van der Waals surface area (Å²) < 4.78 is 45.9. The molecule has 152 valence electrons. The topological polar surface area (TPSA) is 38.8 Å². The molecule has 0 radical (unpaired) electrons. The van der Waals surface area contributed by atoms with E-state index in [2.05, 4.69) is 4.74 Å². The molecule has 4 nitrogen and oxygen atoms in total. The summed E-state index contributed by atoms with van der Waals surface area (Å²) in [5.41, 5.74) is 1.94. The van der Waals surface area contributed by atoms with Crippen LogP contribution in [0.15, 0.2) is 54.6 Å². The van der Waals surface area contributed by atoms with Crippen LogP contribution in [0.25, 0.3) is 0 Å². The molecule has 0 bridgehead atoms. The van der Waals surface area contributed by atoms with E-state index < -0.39 is 6.36 Å². The lowest BCUT2D eigenvalue weighted by Gasteiger charge is -2.17. The molecule has 7 heteroatoms. The van der Waals surface area contributed by atoms with Gasteiger partial charge in [0.1, 0.15) is 5.75 Å². The predicted molar refractivity (Wildman–Crippen MR) is 99.8 cm³/mol. The largest absolute Gasteiger partial charge is 0.573 e. The molecule has 0 aliphatic heterocycles. The first-order chi connectivity index (χ1) is 13.3. The van der Waals surface area contributed by atoms with Gasteiger partial charge in [-0.25, -0.2) is 0 Å². The quantitative estimate of drug-likeness (QED) is 0.553. The van der Waals surface area contributed by atoms with Gasteiger partial charge in [-0.05, 0) is 36.1 Å². The SMILES string of the molecule is CN(Cc1ccc(OC(F)(F)F)cc1)C(=O)CCCOCCc1ccccc1. The molecule has 0 heterocycles. The molecule has 2 rings (SSSR count). The van der Waals surface area contributed by atoms with E-state index in [1.165, 1.54) is 29.8 Å². The van der Waals surface area contributed by atoms with Gasteiger partial charge < -0.3 is 14.4 Å². The second-order valence-electron chi connectivity index (χ2n) is 6.39. The number of amides is 1. The lowest BCUT2D eigenvalue weighted by molar-refractivity contribution is -0.274. The average molecular weight is 395 g/mol. The van der Waals surface area contributed by atoms with Gasteiger partial charge in [0.2, 0.25) is 5.91 Å². The van der Waals surface area contributed by atoms with Crippen LogP contribution in [0.4, 0.5) is 13.2 Å². The van der Waals surface area contributed by atoms with Gasteiger partial charge in [-0.3, -0.25) is 4.79 Å². The van der Waals surface area contributed by atoms with Crippen LogP contribution in [-0.4, -0.2) is 37.4 Å². The number of carbonyl (C=O) groups excluding carboxylic acids is 1. The van der Waals surface area contributed by atoms with Crippen LogP contribution in [0.3, 0.4) is 0 Å². The molecule has 28 heavy (non-hydrogen) atoms. The van der Waals surface area contributed by atoms with E-state index in [1.807, 2.05) is 30.3 Å².